The molecule has 1 aliphatic rings. The Labute approximate surface area is 113 Å². The zero-order chi connectivity index (χ0) is 13.4. The molecule has 0 amide bonds. The van der Waals surface area contributed by atoms with E-state index in [0.29, 0.717) is 5.92 Å². The maximum atomic E-state index is 4.59. The fourth-order valence-electron chi connectivity index (χ4n) is 2.38. The van der Waals surface area contributed by atoms with Gasteiger partial charge in [-0.2, -0.15) is 0 Å². The van der Waals surface area contributed by atoms with E-state index < -0.39 is 0 Å². The Kier molecular flexibility index (Phi) is 2.93. The monoisotopic (exact) mass is 254 g/mol. The maximum absolute atomic E-state index is 4.59. The van der Waals surface area contributed by atoms with Gasteiger partial charge in [0.1, 0.15) is 0 Å². The van der Waals surface area contributed by atoms with Gasteiger partial charge in [0, 0.05) is 42.8 Å². The smallest absolute Gasteiger partial charge is 0.225 e. The van der Waals surface area contributed by atoms with Crippen LogP contribution in [0.15, 0.2) is 24.5 Å². The quantitative estimate of drug-likeness (QED) is 0.825. The lowest BCUT2D eigenvalue weighted by molar-refractivity contribution is 0.512. The first-order valence-corrected chi connectivity index (χ1v) is 6.62. The average molecular weight is 254 g/mol. The van der Waals surface area contributed by atoms with Gasteiger partial charge in [-0.1, -0.05) is 0 Å². The van der Waals surface area contributed by atoms with Crippen molar-refractivity contribution in [1.82, 2.24) is 15.0 Å². The number of hydrogen-bond donors (Lipinski definition) is 0. The zero-order valence-electron chi connectivity index (χ0n) is 11.6. The number of aromatic nitrogens is 3. The number of pyridine rings is 1. The van der Waals surface area contributed by atoms with Crippen LogP contribution in [0, 0.1) is 20.8 Å². The second kappa shape index (κ2) is 4.61. The molecule has 2 aromatic rings. The molecule has 98 valence electrons. The van der Waals surface area contributed by atoms with E-state index in [1.807, 2.05) is 26.2 Å². The molecule has 19 heavy (non-hydrogen) atoms. The van der Waals surface area contributed by atoms with Gasteiger partial charge in [0.25, 0.3) is 0 Å². The Morgan fingerprint density at radius 3 is 2.16 bits per heavy atom. The van der Waals surface area contributed by atoms with Gasteiger partial charge in [0.05, 0.1) is 0 Å². The minimum absolute atomic E-state index is 0.577. The molecule has 0 saturated carbocycles. The van der Waals surface area contributed by atoms with Crippen molar-refractivity contribution in [1.29, 1.82) is 0 Å². The van der Waals surface area contributed by atoms with Crippen LogP contribution in [0.1, 0.15) is 28.4 Å². The van der Waals surface area contributed by atoms with Crippen LogP contribution in [0.25, 0.3) is 0 Å². The molecular weight excluding hydrogens is 236 g/mol. The first-order chi connectivity index (χ1) is 9.15. The highest BCUT2D eigenvalue weighted by molar-refractivity contribution is 5.42. The Balaban J connectivity index is 1.74. The van der Waals surface area contributed by atoms with E-state index >= 15 is 0 Å². The van der Waals surface area contributed by atoms with Crippen molar-refractivity contribution >= 4 is 5.95 Å². The van der Waals surface area contributed by atoms with Crippen LogP contribution in [-0.2, 0) is 0 Å². The Hall–Kier alpha value is -1.97. The van der Waals surface area contributed by atoms with Crippen molar-refractivity contribution in [2.24, 2.45) is 0 Å². The predicted octanol–water partition coefficient (Wildman–Crippen LogP) is 2.40. The molecule has 0 atom stereocenters. The summed E-state index contributed by atoms with van der Waals surface area (Å²) in [5.41, 5.74) is 4.70. The SMILES string of the molecule is Cc1nc(N2CC(c3ccncc3)C2)nc(C)c1C. The van der Waals surface area contributed by atoms with E-state index in [1.54, 1.807) is 0 Å². The molecule has 0 radical (unpaired) electrons. The minimum Gasteiger partial charge on any atom is -0.339 e. The van der Waals surface area contributed by atoms with Gasteiger partial charge in [-0.15, -0.1) is 0 Å². The average Bonchev–Trinajstić information content (AvgIpc) is 2.35. The zero-order valence-corrected chi connectivity index (χ0v) is 11.6. The predicted molar refractivity (Wildman–Crippen MR) is 75.4 cm³/mol. The third-order valence-electron chi connectivity index (χ3n) is 3.96. The van der Waals surface area contributed by atoms with Crippen LogP contribution >= 0.6 is 0 Å². The highest BCUT2D eigenvalue weighted by Gasteiger charge is 2.30. The summed E-state index contributed by atoms with van der Waals surface area (Å²) in [6.07, 6.45) is 3.71. The lowest BCUT2D eigenvalue weighted by atomic mass is 9.93. The molecule has 1 saturated heterocycles. The van der Waals surface area contributed by atoms with Gasteiger partial charge in [-0.25, -0.2) is 9.97 Å². The van der Waals surface area contributed by atoms with Crippen LogP contribution in [0.4, 0.5) is 5.95 Å². The van der Waals surface area contributed by atoms with Crippen molar-refractivity contribution in [2.45, 2.75) is 26.7 Å². The van der Waals surface area contributed by atoms with Crippen molar-refractivity contribution in [2.75, 3.05) is 18.0 Å². The molecule has 1 aliphatic heterocycles. The third kappa shape index (κ3) is 2.18. The molecular formula is C15H18N4. The Morgan fingerprint density at radius 2 is 1.58 bits per heavy atom. The van der Waals surface area contributed by atoms with E-state index in [4.69, 9.17) is 0 Å². The van der Waals surface area contributed by atoms with Crippen LogP contribution < -0.4 is 4.90 Å². The van der Waals surface area contributed by atoms with E-state index in [-0.39, 0.29) is 0 Å². The first kappa shape index (κ1) is 12.1. The van der Waals surface area contributed by atoms with Gasteiger partial charge in [0.15, 0.2) is 0 Å². The van der Waals surface area contributed by atoms with Gasteiger partial charge < -0.3 is 4.90 Å². The molecule has 1 fully saturated rings. The number of nitrogens with zero attached hydrogens (tertiary/aromatic N) is 4. The number of aryl methyl sites for hydroxylation is 2. The standard InChI is InChI=1S/C15H18N4/c1-10-11(2)17-15(18-12(10)3)19-8-14(9-19)13-4-6-16-7-5-13/h4-7,14H,8-9H2,1-3H3. The van der Waals surface area contributed by atoms with Crippen LogP contribution in [0.2, 0.25) is 0 Å². The summed E-state index contributed by atoms with van der Waals surface area (Å²) in [6, 6.07) is 4.18. The number of hydrogen-bond acceptors (Lipinski definition) is 4. The summed E-state index contributed by atoms with van der Waals surface area (Å²) in [6.45, 7) is 8.16. The highest BCUT2D eigenvalue weighted by atomic mass is 15.3. The van der Waals surface area contributed by atoms with E-state index in [2.05, 4.69) is 38.9 Å². The summed E-state index contributed by atoms with van der Waals surface area (Å²) >= 11 is 0. The Bertz CT molecular complexity index is 565. The van der Waals surface area contributed by atoms with Crippen molar-refractivity contribution in [3.63, 3.8) is 0 Å². The van der Waals surface area contributed by atoms with Gasteiger partial charge in [0.2, 0.25) is 5.95 Å². The summed E-state index contributed by atoms with van der Waals surface area (Å²) in [5, 5.41) is 0. The van der Waals surface area contributed by atoms with Crippen LogP contribution in [-0.4, -0.2) is 28.0 Å². The van der Waals surface area contributed by atoms with E-state index in [1.165, 1.54) is 11.1 Å². The third-order valence-corrected chi connectivity index (χ3v) is 3.96. The summed E-state index contributed by atoms with van der Waals surface area (Å²) in [5.74, 6) is 1.44. The Morgan fingerprint density at radius 1 is 1.00 bits per heavy atom. The number of rotatable bonds is 2. The van der Waals surface area contributed by atoms with Gasteiger partial charge >= 0.3 is 0 Å². The fourth-order valence-corrected chi connectivity index (χ4v) is 2.38. The molecule has 3 rings (SSSR count). The lowest BCUT2D eigenvalue weighted by Crippen LogP contribution is -2.46. The second-order valence-electron chi connectivity index (χ2n) is 5.20. The summed E-state index contributed by atoms with van der Waals surface area (Å²) < 4.78 is 0. The van der Waals surface area contributed by atoms with Crippen molar-refractivity contribution in [3.05, 3.63) is 47.0 Å². The van der Waals surface area contributed by atoms with E-state index in [0.717, 1.165) is 30.4 Å². The molecule has 3 heterocycles. The molecule has 0 aliphatic carbocycles. The highest BCUT2D eigenvalue weighted by Crippen LogP contribution is 2.29. The molecule has 0 spiro atoms. The van der Waals surface area contributed by atoms with Crippen LogP contribution in [0.3, 0.4) is 0 Å². The molecule has 0 aromatic carbocycles. The maximum Gasteiger partial charge on any atom is 0.225 e. The van der Waals surface area contributed by atoms with Crippen LogP contribution in [0.5, 0.6) is 0 Å². The summed E-state index contributed by atoms with van der Waals surface area (Å²) in [7, 11) is 0. The van der Waals surface area contributed by atoms with Crippen molar-refractivity contribution in [3.8, 4) is 0 Å². The summed E-state index contributed by atoms with van der Waals surface area (Å²) in [4.78, 5) is 15.5. The molecule has 2 aromatic heterocycles. The topological polar surface area (TPSA) is 41.9 Å². The molecule has 0 bridgehead atoms. The van der Waals surface area contributed by atoms with Crippen molar-refractivity contribution < 1.29 is 0 Å². The minimum atomic E-state index is 0.577. The lowest BCUT2D eigenvalue weighted by Gasteiger charge is -2.39. The van der Waals surface area contributed by atoms with Gasteiger partial charge in [-0.3, -0.25) is 4.98 Å². The molecule has 4 heteroatoms. The molecule has 0 unspecified atom stereocenters. The normalized spacial score (nSPS) is 15.4. The fraction of sp³-hybridized carbons (Fsp3) is 0.400. The second-order valence-corrected chi connectivity index (χ2v) is 5.20. The molecule has 0 N–H and O–H groups in total. The van der Waals surface area contributed by atoms with Gasteiger partial charge in [-0.05, 0) is 44.0 Å². The molecule has 4 nitrogen and oxygen atoms in total. The largest absolute Gasteiger partial charge is 0.339 e. The first-order valence-electron chi connectivity index (χ1n) is 6.62. The number of anilines is 1. The van der Waals surface area contributed by atoms with E-state index in [9.17, 15) is 0 Å².